The average Bonchev–Trinajstić information content (AvgIpc) is 3.13. The molecule has 1 aromatic heterocycles. The maximum Gasteiger partial charge on any atom is 0.229 e. The summed E-state index contributed by atoms with van der Waals surface area (Å²) < 4.78 is 3.20. The van der Waals surface area contributed by atoms with Gasteiger partial charge in [0.05, 0.1) is 11.9 Å². The van der Waals surface area contributed by atoms with Crippen molar-refractivity contribution in [2.45, 2.75) is 31.5 Å². The van der Waals surface area contributed by atoms with E-state index in [4.69, 9.17) is 0 Å². The van der Waals surface area contributed by atoms with E-state index in [-0.39, 0.29) is 11.8 Å². The van der Waals surface area contributed by atoms with E-state index >= 15 is 0 Å². The summed E-state index contributed by atoms with van der Waals surface area (Å²) in [5, 5.41) is 0.912. The van der Waals surface area contributed by atoms with Gasteiger partial charge in [-0.05, 0) is 24.6 Å². The van der Waals surface area contributed by atoms with Gasteiger partial charge in [-0.15, -0.1) is 0 Å². The highest BCUT2D eigenvalue weighted by Crippen LogP contribution is 2.27. The van der Waals surface area contributed by atoms with Crippen LogP contribution in [0.3, 0.4) is 0 Å². The third kappa shape index (κ3) is 3.57. The lowest BCUT2D eigenvalue weighted by Gasteiger charge is -2.13. The molecule has 0 unspecified atom stereocenters. The molecule has 0 saturated carbocycles. The van der Waals surface area contributed by atoms with Gasteiger partial charge in [0.25, 0.3) is 0 Å². The monoisotopic (exact) mass is 407 g/mol. The molecule has 1 aromatic carbocycles. The van der Waals surface area contributed by atoms with E-state index in [1.54, 1.807) is 11.8 Å². The molecule has 0 N–H and O–H groups in total. The van der Waals surface area contributed by atoms with Gasteiger partial charge >= 0.3 is 0 Å². The van der Waals surface area contributed by atoms with Crippen molar-refractivity contribution in [3.8, 4) is 11.3 Å². The Labute approximate surface area is 153 Å². The second kappa shape index (κ2) is 7.53. The lowest BCUT2D eigenvalue weighted by Crippen LogP contribution is -2.31. The SMILES string of the molecule is CCn1c(-c2ccc(Br)cc2)cnc1SCCN1C(=O)CCC1=O. The van der Waals surface area contributed by atoms with Gasteiger partial charge in [-0.1, -0.05) is 39.8 Å². The van der Waals surface area contributed by atoms with E-state index < -0.39 is 0 Å². The van der Waals surface area contributed by atoms with Crippen LogP contribution in [0.25, 0.3) is 11.3 Å². The van der Waals surface area contributed by atoms with Crippen molar-refractivity contribution in [3.63, 3.8) is 0 Å². The number of imide groups is 1. The Morgan fingerprint density at radius 2 is 1.83 bits per heavy atom. The van der Waals surface area contributed by atoms with Crippen LogP contribution in [0, 0.1) is 0 Å². The summed E-state index contributed by atoms with van der Waals surface area (Å²) in [7, 11) is 0. The fraction of sp³-hybridized carbons (Fsp3) is 0.353. The number of carbonyl (C=O) groups is 2. The molecule has 0 radical (unpaired) electrons. The molecule has 126 valence electrons. The van der Waals surface area contributed by atoms with Gasteiger partial charge in [0.1, 0.15) is 0 Å². The van der Waals surface area contributed by atoms with Crippen molar-refractivity contribution < 1.29 is 9.59 Å². The predicted octanol–water partition coefficient (Wildman–Crippen LogP) is 3.57. The smallest absolute Gasteiger partial charge is 0.229 e. The zero-order valence-corrected chi connectivity index (χ0v) is 15.8. The van der Waals surface area contributed by atoms with Crippen LogP contribution in [0.2, 0.25) is 0 Å². The van der Waals surface area contributed by atoms with Gasteiger partial charge in [0.2, 0.25) is 11.8 Å². The summed E-state index contributed by atoms with van der Waals surface area (Å²) in [5.74, 6) is 0.541. The minimum atomic E-state index is -0.0602. The van der Waals surface area contributed by atoms with Gasteiger partial charge in [-0.3, -0.25) is 14.5 Å². The first-order valence-electron chi connectivity index (χ1n) is 7.87. The molecule has 0 spiro atoms. The van der Waals surface area contributed by atoms with Crippen molar-refractivity contribution in [2.75, 3.05) is 12.3 Å². The van der Waals surface area contributed by atoms with E-state index in [0.29, 0.717) is 25.1 Å². The number of amides is 2. The first kappa shape index (κ1) is 17.2. The number of imidazole rings is 1. The number of aromatic nitrogens is 2. The Morgan fingerprint density at radius 3 is 2.46 bits per heavy atom. The fourth-order valence-electron chi connectivity index (χ4n) is 2.73. The van der Waals surface area contributed by atoms with Crippen LogP contribution < -0.4 is 0 Å². The van der Waals surface area contributed by atoms with Crippen LogP contribution >= 0.6 is 27.7 Å². The lowest BCUT2D eigenvalue weighted by molar-refractivity contribution is -0.137. The molecule has 1 aliphatic heterocycles. The number of halogens is 1. The Bertz CT molecular complexity index is 742. The van der Waals surface area contributed by atoms with Crippen molar-refractivity contribution in [1.29, 1.82) is 0 Å². The fourth-order valence-corrected chi connectivity index (χ4v) is 3.96. The molecule has 1 fully saturated rings. The zero-order valence-electron chi connectivity index (χ0n) is 13.4. The molecule has 2 heterocycles. The van der Waals surface area contributed by atoms with E-state index in [0.717, 1.165) is 27.4 Å². The standard InChI is InChI=1S/C17H18BrN3O2S/c1-2-20-14(12-3-5-13(18)6-4-12)11-19-17(20)24-10-9-21-15(22)7-8-16(21)23/h3-6,11H,2,7-10H2,1H3. The van der Waals surface area contributed by atoms with Crippen molar-refractivity contribution >= 4 is 39.5 Å². The molecule has 7 heteroatoms. The number of hydrogen-bond donors (Lipinski definition) is 0. The quantitative estimate of drug-likeness (QED) is 0.542. The molecular weight excluding hydrogens is 390 g/mol. The number of likely N-dealkylation sites (tertiary alicyclic amines) is 1. The van der Waals surface area contributed by atoms with Crippen molar-refractivity contribution in [1.82, 2.24) is 14.5 Å². The summed E-state index contributed by atoms with van der Waals surface area (Å²) in [4.78, 5) is 29.2. The third-order valence-electron chi connectivity index (χ3n) is 3.98. The van der Waals surface area contributed by atoms with Gasteiger partial charge in [-0.2, -0.15) is 0 Å². The second-order valence-electron chi connectivity index (χ2n) is 5.46. The summed E-state index contributed by atoms with van der Waals surface area (Å²) in [6.45, 7) is 3.35. The van der Waals surface area contributed by atoms with E-state index in [1.807, 2.05) is 18.3 Å². The molecule has 2 aromatic rings. The Hall–Kier alpha value is -1.60. The molecule has 0 aliphatic carbocycles. The highest BCUT2D eigenvalue weighted by atomic mass is 79.9. The largest absolute Gasteiger partial charge is 0.319 e. The van der Waals surface area contributed by atoms with Crippen molar-refractivity contribution in [2.24, 2.45) is 0 Å². The molecule has 1 aliphatic rings. The normalized spacial score (nSPS) is 14.7. The second-order valence-corrected chi connectivity index (χ2v) is 7.44. The highest BCUT2D eigenvalue weighted by Gasteiger charge is 2.28. The minimum Gasteiger partial charge on any atom is -0.319 e. The Kier molecular flexibility index (Phi) is 5.40. The summed E-state index contributed by atoms with van der Waals surface area (Å²) in [6, 6.07) is 8.14. The molecule has 0 bridgehead atoms. The summed E-state index contributed by atoms with van der Waals surface area (Å²) in [5.41, 5.74) is 2.19. The molecule has 2 amide bonds. The predicted molar refractivity (Wildman–Crippen MR) is 97.7 cm³/mol. The average molecular weight is 408 g/mol. The molecular formula is C17H18BrN3O2S. The Morgan fingerprint density at radius 1 is 1.17 bits per heavy atom. The van der Waals surface area contributed by atoms with Gasteiger partial charge in [-0.25, -0.2) is 4.98 Å². The summed E-state index contributed by atoms with van der Waals surface area (Å²) in [6.07, 6.45) is 2.57. The number of hydrogen-bond acceptors (Lipinski definition) is 4. The molecule has 1 saturated heterocycles. The molecule has 5 nitrogen and oxygen atoms in total. The minimum absolute atomic E-state index is 0.0602. The van der Waals surface area contributed by atoms with Gasteiger partial charge in [0, 0.05) is 36.2 Å². The third-order valence-corrected chi connectivity index (χ3v) is 5.48. The van der Waals surface area contributed by atoms with Crippen molar-refractivity contribution in [3.05, 3.63) is 34.9 Å². The topological polar surface area (TPSA) is 55.2 Å². The summed E-state index contributed by atoms with van der Waals surface area (Å²) >= 11 is 5.03. The zero-order chi connectivity index (χ0) is 17.1. The molecule has 0 atom stereocenters. The molecule has 24 heavy (non-hydrogen) atoms. The Balaban J connectivity index is 1.69. The molecule has 3 rings (SSSR count). The van der Waals surface area contributed by atoms with Crippen LogP contribution in [0.15, 0.2) is 40.1 Å². The van der Waals surface area contributed by atoms with Gasteiger partial charge < -0.3 is 4.57 Å². The van der Waals surface area contributed by atoms with Crippen LogP contribution in [0.4, 0.5) is 0 Å². The van der Waals surface area contributed by atoms with Crippen LogP contribution in [0.5, 0.6) is 0 Å². The number of thioether (sulfide) groups is 1. The maximum atomic E-state index is 11.6. The van der Waals surface area contributed by atoms with E-state index in [1.165, 1.54) is 4.90 Å². The number of benzene rings is 1. The van der Waals surface area contributed by atoms with E-state index in [2.05, 4.69) is 44.5 Å². The van der Waals surface area contributed by atoms with Crippen LogP contribution in [0.1, 0.15) is 19.8 Å². The number of carbonyl (C=O) groups excluding carboxylic acids is 2. The first-order valence-corrected chi connectivity index (χ1v) is 9.65. The number of rotatable bonds is 6. The first-order chi connectivity index (χ1) is 11.6. The van der Waals surface area contributed by atoms with Crippen LogP contribution in [-0.4, -0.2) is 38.6 Å². The number of nitrogens with zero attached hydrogens (tertiary/aromatic N) is 3. The van der Waals surface area contributed by atoms with Gasteiger partial charge in [0.15, 0.2) is 5.16 Å². The maximum absolute atomic E-state index is 11.6. The van der Waals surface area contributed by atoms with Crippen LogP contribution in [-0.2, 0) is 16.1 Å². The van der Waals surface area contributed by atoms with E-state index in [9.17, 15) is 9.59 Å². The lowest BCUT2D eigenvalue weighted by atomic mass is 10.2. The highest BCUT2D eigenvalue weighted by molar-refractivity contribution is 9.10.